The molecule has 0 saturated carbocycles. The van der Waals surface area contributed by atoms with E-state index in [0.717, 1.165) is 18.7 Å². The van der Waals surface area contributed by atoms with Crippen molar-refractivity contribution >= 4 is 23.5 Å². The van der Waals surface area contributed by atoms with E-state index >= 15 is 0 Å². The van der Waals surface area contributed by atoms with Gasteiger partial charge in [-0.1, -0.05) is 12.1 Å². The van der Waals surface area contributed by atoms with Crippen LogP contribution in [0, 0.1) is 5.82 Å². The second-order valence-electron chi connectivity index (χ2n) is 6.58. The number of halogens is 1. The van der Waals surface area contributed by atoms with Crippen molar-refractivity contribution in [3.8, 4) is 11.3 Å². The molecule has 2 heterocycles. The normalized spacial score (nSPS) is 14.2. The highest BCUT2D eigenvalue weighted by Gasteiger charge is 2.21. The van der Waals surface area contributed by atoms with E-state index in [9.17, 15) is 14.0 Å². The number of hydrogen-bond acceptors (Lipinski definition) is 3. The molecule has 0 atom stereocenters. The van der Waals surface area contributed by atoms with E-state index in [0.29, 0.717) is 29.1 Å². The quantitative estimate of drug-likeness (QED) is 0.460. The molecule has 2 aromatic carbocycles. The molecular formula is C23H18FNO3. The van der Waals surface area contributed by atoms with Crippen LogP contribution >= 0.6 is 0 Å². The number of anilines is 1. The topological polar surface area (TPSA) is 50.5 Å². The summed E-state index contributed by atoms with van der Waals surface area (Å²) < 4.78 is 19.4. The zero-order chi connectivity index (χ0) is 19.5. The number of rotatable bonds is 5. The first-order valence-corrected chi connectivity index (χ1v) is 9.09. The Bertz CT molecular complexity index is 1050. The Labute approximate surface area is 161 Å². The summed E-state index contributed by atoms with van der Waals surface area (Å²) in [6.45, 7) is 0.717. The average Bonchev–Trinajstić information content (AvgIpc) is 3.36. The van der Waals surface area contributed by atoms with E-state index < -0.39 is 0 Å². The van der Waals surface area contributed by atoms with Crippen LogP contribution in [0.4, 0.5) is 10.1 Å². The minimum absolute atomic E-state index is 0.113. The fourth-order valence-electron chi connectivity index (χ4n) is 3.23. The number of ketones is 1. The number of carbonyl (C=O) groups is 2. The summed E-state index contributed by atoms with van der Waals surface area (Å²) in [6, 6.07) is 16.7. The molecule has 28 heavy (non-hydrogen) atoms. The molecule has 4 nitrogen and oxygen atoms in total. The zero-order valence-electron chi connectivity index (χ0n) is 15.1. The van der Waals surface area contributed by atoms with E-state index in [1.165, 1.54) is 12.1 Å². The first-order valence-electron chi connectivity index (χ1n) is 9.09. The minimum atomic E-state index is -0.361. The standard InChI is InChI=1S/C23H18FNO3/c24-20-5-2-1-4-19(20)22-14-12-18(28-22)11-13-21(26)16-7-9-17(10-8-16)25-15-3-6-23(25)27/h1-2,4-5,7-14H,3,6,15H2/b13-11-. The molecule has 1 saturated heterocycles. The molecule has 1 aromatic heterocycles. The van der Waals surface area contributed by atoms with Gasteiger partial charge in [-0.05, 0) is 67.1 Å². The Balaban J connectivity index is 1.46. The number of hydrogen-bond donors (Lipinski definition) is 0. The second-order valence-corrected chi connectivity index (χ2v) is 6.58. The van der Waals surface area contributed by atoms with Crippen LogP contribution in [0.5, 0.6) is 0 Å². The van der Waals surface area contributed by atoms with Crippen LogP contribution in [0.15, 0.2) is 71.2 Å². The SMILES string of the molecule is O=C(/C=C\c1ccc(-c2ccccc2F)o1)c1ccc(N2CCCC2=O)cc1. The molecule has 1 amide bonds. The van der Waals surface area contributed by atoms with E-state index in [4.69, 9.17) is 4.42 Å². The van der Waals surface area contributed by atoms with E-state index in [1.54, 1.807) is 65.6 Å². The lowest BCUT2D eigenvalue weighted by atomic mass is 10.1. The number of furan rings is 1. The lowest BCUT2D eigenvalue weighted by Crippen LogP contribution is -2.23. The Morgan fingerprint density at radius 3 is 2.54 bits per heavy atom. The highest BCUT2D eigenvalue weighted by Crippen LogP contribution is 2.25. The molecular weight excluding hydrogens is 357 g/mol. The van der Waals surface area contributed by atoms with Gasteiger partial charge in [0.1, 0.15) is 17.3 Å². The van der Waals surface area contributed by atoms with Gasteiger partial charge in [0, 0.05) is 24.2 Å². The maximum atomic E-state index is 13.8. The minimum Gasteiger partial charge on any atom is -0.457 e. The van der Waals surface area contributed by atoms with Gasteiger partial charge in [0.2, 0.25) is 5.91 Å². The summed E-state index contributed by atoms with van der Waals surface area (Å²) in [6.07, 6.45) is 4.41. The average molecular weight is 375 g/mol. The number of benzene rings is 2. The van der Waals surface area contributed by atoms with Crippen LogP contribution < -0.4 is 4.90 Å². The fraction of sp³-hybridized carbons (Fsp3) is 0.130. The van der Waals surface area contributed by atoms with Gasteiger partial charge in [-0.25, -0.2) is 4.39 Å². The number of nitrogens with zero attached hydrogens (tertiary/aromatic N) is 1. The maximum absolute atomic E-state index is 13.8. The highest BCUT2D eigenvalue weighted by atomic mass is 19.1. The predicted octanol–water partition coefficient (Wildman–Crippen LogP) is 5.11. The van der Waals surface area contributed by atoms with Gasteiger partial charge < -0.3 is 9.32 Å². The molecule has 0 spiro atoms. The predicted molar refractivity (Wildman–Crippen MR) is 105 cm³/mol. The lowest BCUT2D eigenvalue weighted by molar-refractivity contribution is -0.117. The number of carbonyl (C=O) groups excluding carboxylic acids is 2. The third-order valence-electron chi connectivity index (χ3n) is 4.70. The summed E-state index contributed by atoms with van der Waals surface area (Å²) in [5.74, 6) is 0.446. The number of allylic oxidation sites excluding steroid dienone is 1. The van der Waals surface area contributed by atoms with Gasteiger partial charge >= 0.3 is 0 Å². The Kier molecular flexibility index (Phi) is 4.89. The van der Waals surface area contributed by atoms with Crippen molar-refractivity contribution < 1.29 is 18.4 Å². The zero-order valence-corrected chi connectivity index (χ0v) is 15.1. The van der Waals surface area contributed by atoms with Crippen LogP contribution in [0.2, 0.25) is 0 Å². The van der Waals surface area contributed by atoms with Crippen molar-refractivity contribution in [3.05, 3.63) is 83.9 Å². The third kappa shape index (κ3) is 3.64. The maximum Gasteiger partial charge on any atom is 0.227 e. The molecule has 1 aliphatic rings. The van der Waals surface area contributed by atoms with Crippen LogP contribution in [-0.4, -0.2) is 18.2 Å². The van der Waals surface area contributed by atoms with Crippen molar-refractivity contribution in [2.45, 2.75) is 12.8 Å². The Morgan fingerprint density at radius 2 is 1.82 bits per heavy atom. The van der Waals surface area contributed by atoms with Crippen LogP contribution in [0.3, 0.4) is 0 Å². The van der Waals surface area contributed by atoms with Crippen molar-refractivity contribution in [1.82, 2.24) is 0 Å². The van der Waals surface area contributed by atoms with Crippen LogP contribution in [-0.2, 0) is 4.79 Å². The summed E-state index contributed by atoms with van der Waals surface area (Å²) in [5, 5.41) is 0. The Morgan fingerprint density at radius 1 is 1.04 bits per heavy atom. The second kappa shape index (κ2) is 7.64. The van der Waals surface area contributed by atoms with Gasteiger partial charge in [0.05, 0.1) is 5.56 Å². The van der Waals surface area contributed by atoms with E-state index in [1.807, 2.05) is 0 Å². The van der Waals surface area contributed by atoms with Gasteiger partial charge in [-0.15, -0.1) is 0 Å². The van der Waals surface area contributed by atoms with E-state index in [-0.39, 0.29) is 17.5 Å². The van der Waals surface area contributed by atoms with Crippen molar-refractivity contribution in [3.63, 3.8) is 0 Å². The van der Waals surface area contributed by atoms with Crippen molar-refractivity contribution in [2.24, 2.45) is 0 Å². The molecule has 4 rings (SSSR count). The summed E-state index contributed by atoms with van der Waals surface area (Å²) >= 11 is 0. The van der Waals surface area contributed by atoms with Crippen molar-refractivity contribution in [2.75, 3.05) is 11.4 Å². The third-order valence-corrected chi connectivity index (χ3v) is 4.70. The van der Waals surface area contributed by atoms with Crippen molar-refractivity contribution in [1.29, 1.82) is 0 Å². The molecule has 3 aromatic rings. The van der Waals surface area contributed by atoms with Gasteiger partial charge in [0.25, 0.3) is 0 Å². The molecule has 5 heteroatoms. The highest BCUT2D eigenvalue weighted by molar-refractivity contribution is 6.07. The lowest BCUT2D eigenvalue weighted by Gasteiger charge is -2.15. The molecule has 1 aliphatic heterocycles. The van der Waals surface area contributed by atoms with E-state index in [2.05, 4.69) is 0 Å². The monoisotopic (exact) mass is 375 g/mol. The van der Waals surface area contributed by atoms with Gasteiger partial charge in [0.15, 0.2) is 5.78 Å². The van der Waals surface area contributed by atoms with Gasteiger partial charge in [-0.2, -0.15) is 0 Å². The molecule has 1 fully saturated rings. The molecule has 0 bridgehead atoms. The molecule has 0 unspecified atom stereocenters. The molecule has 0 N–H and O–H groups in total. The Hall–Kier alpha value is -3.47. The number of amides is 1. The summed E-state index contributed by atoms with van der Waals surface area (Å²) in [7, 11) is 0. The summed E-state index contributed by atoms with van der Waals surface area (Å²) in [5.41, 5.74) is 1.71. The molecule has 140 valence electrons. The smallest absolute Gasteiger partial charge is 0.227 e. The fourth-order valence-corrected chi connectivity index (χ4v) is 3.23. The summed E-state index contributed by atoms with van der Waals surface area (Å²) in [4.78, 5) is 25.9. The molecule has 0 radical (unpaired) electrons. The van der Waals surface area contributed by atoms with Crippen LogP contribution in [0.25, 0.3) is 17.4 Å². The van der Waals surface area contributed by atoms with Gasteiger partial charge in [-0.3, -0.25) is 9.59 Å². The first kappa shape index (κ1) is 17.9. The van der Waals surface area contributed by atoms with Crippen LogP contribution in [0.1, 0.15) is 29.0 Å². The first-order chi connectivity index (χ1) is 13.6. The molecule has 0 aliphatic carbocycles. The largest absolute Gasteiger partial charge is 0.457 e.